The number of rotatable bonds is 3. The molecule has 4 nitrogen and oxygen atoms in total. The number of carbonyl (C=O) groups is 1. The van der Waals surface area contributed by atoms with Crippen molar-refractivity contribution in [3.63, 3.8) is 0 Å². The number of nitriles is 1. The number of ether oxygens (including phenoxy) is 1. The van der Waals surface area contributed by atoms with E-state index in [1.807, 2.05) is 0 Å². The summed E-state index contributed by atoms with van der Waals surface area (Å²) in [6.07, 6.45) is 1.30. The van der Waals surface area contributed by atoms with Crippen molar-refractivity contribution < 1.29 is 14.6 Å². The first-order chi connectivity index (χ1) is 7.17. The van der Waals surface area contributed by atoms with Gasteiger partial charge in [-0.25, -0.2) is 4.79 Å². The van der Waals surface area contributed by atoms with Gasteiger partial charge in [-0.3, -0.25) is 0 Å². The Morgan fingerprint density at radius 3 is 2.87 bits per heavy atom. The highest BCUT2D eigenvalue weighted by Crippen LogP contribution is 2.15. The van der Waals surface area contributed by atoms with Gasteiger partial charge in [0.2, 0.25) is 0 Å². The molecular formula is C11H9NO3. The van der Waals surface area contributed by atoms with Crippen LogP contribution in [0.4, 0.5) is 0 Å². The van der Waals surface area contributed by atoms with Gasteiger partial charge in [-0.15, -0.1) is 0 Å². The van der Waals surface area contributed by atoms with Gasteiger partial charge in [0.25, 0.3) is 0 Å². The predicted octanol–water partition coefficient (Wildman–Crippen LogP) is 1.69. The van der Waals surface area contributed by atoms with Crippen molar-refractivity contribution in [3.8, 4) is 11.8 Å². The first-order valence-electron chi connectivity index (χ1n) is 4.16. The Labute approximate surface area is 87.0 Å². The van der Waals surface area contributed by atoms with Crippen molar-refractivity contribution in [2.45, 2.75) is 0 Å². The standard InChI is InChI=1S/C11H9NO3/c1-15-10-4-2-3-8(6-10)5-9(7-12)11(13)14/h2-6H,1H3,(H,13,14)/b9-5+. The molecule has 0 fully saturated rings. The summed E-state index contributed by atoms with van der Waals surface area (Å²) in [5, 5.41) is 17.2. The van der Waals surface area contributed by atoms with Crippen molar-refractivity contribution >= 4 is 12.0 Å². The van der Waals surface area contributed by atoms with Crippen molar-refractivity contribution in [3.05, 3.63) is 35.4 Å². The van der Waals surface area contributed by atoms with Gasteiger partial charge in [-0.2, -0.15) is 5.26 Å². The molecular weight excluding hydrogens is 194 g/mol. The molecule has 0 aliphatic carbocycles. The third kappa shape index (κ3) is 2.85. The Morgan fingerprint density at radius 1 is 1.60 bits per heavy atom. The van der Waals surface area contributed by atoms with Gasteiger partial charge in [0, 0.05) is 0 Å². The molecule has 0 bridgehead atoms. The van der Waals surface area contributed by atoms with Crippen LogP contribution >= 0.6 is 0 Å². The average molecular weight is 203 g/mol. The van der Waals surface area contributed by atoms with Gasteiger partial charge in [0.15, 0.2) is 0 Å². The number of hydrogen-bond acceptors (Lipinski definition) is 3. The third-order valence-electron chi connectivity index (χ3n) is 1.76. The minimum atomic E-state index is -1.24. The Bertz CT molecular complexity index is 443. The summed E-state index contributed by atoms with van der Waals surface area (Å²) < 4.78 is 4.97. The van der Waals surface area contributed by atoms with Gasteiger partial charge >= 0.3 is 5.97 Å². The van der Waals surface area contributed by atoms with Crippen LogP contribution in [0.3, 0.4) is 0 Å². The smallest absolute Gasteiger partial charge is 0.346 e. The van der Waals surface area contributed by atoms with Crippen molar-refractivity contribution in [1.29, 1.82) is 5.26 Å². The molecule has 0 saturated heterocycles. The van der Waals surface area contributed by atoms with E-state index in [9.17, 15) is 4.79 Å². The second kappa shape index (κ2) is 4.82. The van der Waals surface area contributed by atoms with E-state index < -0.39 is 5.97 Å². The van der Waals surface area contributed by atoms with Crippen LogP contribution in [0, 0.1) is 11.3 Å². The third-order valence-corrected chi connectivity index (χ3v) is 1.76. The fourth-order valence-electron chi connectivity index (χ4n) is 1.04. The SMILES string of the molecule is COc1cccc(/C=C(\C#N)C(=O)O)c1. The molecule has 1 N–H and O–H groups in total. The van der Waals surface area contributed by atoms with Crippen LogP contribution in [0.5, 0.6) is 5.75 Å². The van der Waals surface area contributed by atoms with E-state index in [-0.39, 0.29) is 5.57 Å². The normalized spacial score (nSPS) is 10.5. The summed E-state index contributed by atoms with van der Waals surface area (Å²) in [5.41, 5.74) is 0.316. The largest absolute Gasteiger partial charge is 0.497 e. The Balaban J connectivity index is 3.07. The summed E-state index contributed by atoms with van der Waals surface area (Å²) in [5.74, 6) is -0.619. The molecule has 0 saturated carbocycles. The Morgan fingerprint density at radius 2 is 2.33 bits per heavy atom. The molecule has 15 heavy (non-hydrogen) atoms. The number of carboxylic acids is 1. The van der Waals surface area contributed by atoms with Gasteiger partial charge in [0.1, 0.15) is 17.4 Å². The van der Waals surface area contributed by atoms with E-state index >= 15 is 0 Å². The highest BCUT2D eigenvalue weighted by atomic mass is 16.5. The summed E-state index contributed by atoms with van der Waals surface area (Å²) in [7, 11) is 1.52. The lowest BCUT2D eigenvalue weighted by Crippen LogP contribution is -1.97. The van der Waals surface area contributed by atoms with E-state index in [2.05, 4.69) is 0 Å². The van der Waals surface area contributed by atoms with E-state index in [0.29, 0.717) is 11.3 Å². The first-order valence-corrected chi connectivity index (χ1v) is 4.16. The van der Waals surface area contributed by atoms with Crippen LogP contribution in [0.1, 0.15) is 5.56 Å². The van der Waals surface area contributed by atoms with Crippen LogP contribution in [-0.2, 0) is 4.79 Å². The zero-order chi connectivity index (χ0) is 11.3. The van der Waals surface area contributed by atoms with E-state index in [0.717, 1.165) is 0 Å². The molecule has 1 aromatic carbocycles. The van der Waals surface area contributed by atoms with Crippen molar-refractivity contribution in [2.24, 2.45) is 0 Å². The topological polar surface area (TPSA) is 70.3 Å². The molecule has 76 valence electrons. The van der Waals surface area contributed by atoms with Gasteiger partial charge in [-0.05, 0) is 23.8 Å². The molecule has 0 aliphatic rings. The lowest BCUT2D eigenvalue weighted by Gasteiger charge is -2.00. The second-order valence-corrected chi connectivity index (χ2v) is 2.75. The maximum absolute atomic E-state index is 10.6. The number of benzene rings is 1. The van der Waals surface area contributed by atoms with E-state index in [4.69, 9.17) is 15.1 Å². The maximum atomic E-state index is 10.6. The zero-order valence-electron chi connectivity index (χ0n) is 8.10. The molecule has 1 rings (SSSR count). The molecule has 0 radical (unpaired) electrons. The van der Waals surface area contributed by atoms with E-state index in [1.54, 1.807) is 30.3 Å². The molecule has 0 atom stereocenters. The van der Waals surface area contributed by atoms with Crippen LogP contribution in [0.2, 0.25) is 0 Å². The molecule has 0 amide bonds. The monoisotopic (exact) mass is 203 g/mol. The number of methoxy groups -OCH3 is 1. The minimum Gasteiger partial charge on any atom is -0.497 e. The van der Waals surface area contributed by atoms with Crippen molar-refractivity contribution in [2.75, 3.05) is 7.11 Å². The minimum absolute atomic E-state index is 0.303. The molecule has 0 aromatic heterocycles. The fraction of sp³-hybridized carbons (Fsp3) is 0.0909. The molecule has 0 aliphatic heterocycles. The molecule has 4 heteroatoms. The summed E-state index contributed by atoms with van der Waals surface area (Å²) in [6, 6.07) is 8.42. The zero-order valence-corrected chi connectivity index (χ0v) is 8.10. The highest BCUT2D eigenvalue weighted by molar-refractivity contribution is 5.96. The van der Waals surface area contributed by atoms with Crippen LogP contribution in [0.25, 0.3) is 6.08 Å². The Hall–Kier alpha value is -2.28. The maximum Gasteiger partial charge on any atom is 0.346 e. The summed E-state index contributed by atoms with van der Waals surface area (Å²) in [6.45, 7) is 0. The molecule has 0 heterocycles. The second-order valence-electron chi connectivity index (χ2n) is 2.75. The average Bonchev–Trinajstić information content (AvgIpc) is 2.25. The quantitative estimate of drug-likeness (QED) is 0.599. The van der Waals surface area contributed by atoms with Crippen LogP contribution in [-0.4, -0.2) is 18.2 Å². The van der Waals surface area contributed by atoms with E-state index in [1.165, 1.54) is 13.2 Å². The van der Waals surface area contributed by atoms with Gasteiger partial charge in [-0.1, -0.05) is 12.1 Å². The number of aliphatic carboxylic acids is 1. The predicted molar refractivity (Wildman–Crippen MR) is 54.2 cm³/mol. The van der Waals surface area contributed by atoms with Crippen LogP contribution < -0.4 is 4.74 Å². The lowest BCUT2D eigenvalue weighted by atomic mass is 10.1. The van der Waals surface area contributed by atoms with Crippen molar-refractivity contribution in [1.82, 2.24) is 0 Å². The van der Waals surface area contributed by atoms with Crippen LogP contribution in [0.15, 0.2) is 29.8 Å². The van der Waals surface area contributed by atoms with Gasteiger partial charge < -0.3 is 9.84 Å². The Kier molecular flexibility index (Phi) is 3.47. The molecule has 1 aromatic rings. The number of nitrogens with zero attached hydrogens (tertiary/aromatic N) is 1. The fourth-order valence-corrected chi connectivity index (χ4v) is 1.04. The molecule has 0 spiro atoms. The highest BCUT2D eigenvalue weighted by Gasteiger charge is 2.05. The molecule has 0 unspecified atom stereocenters. The summed E-state index contributed by atoms with van der Waals surface area (Å²) in [4.78, 5) is 10.6. The lowest BCUT2D eigenvalue weighted by molar-refractivity contribution is -0.132. The number of hydrogen-bond donors (Lipinski definition) is 1. The first kappa shape index (κ1) is 10.8. The van der Waals surface area contributed by atoms with Gasteiger partial charge in [0.05, 0.1) is 7.11 Å². The summed E-state index contributed by atoms with van der Waals surface area (Å²) >= 11 is 0. The number of carboxylic acid groups (broad SMARTS) is 1.